The predicted molar refractivity (Wildman–Crippen MR) is 110 cm³/mol. The van der Waals surface area contributed by atoms with Gasteiger partial charge < -0.3 is 13.9 Å². The highest BCUT2D eigenvalue weighted by atomic mass is 16.5. The van der Waals surface area contributed by atoms with Crippen molar-refractivity contribution in [3.63, 3.8) is 0 Å². The summed E-state index contributed by atoms with van der Waals surface area (Å²) in [6, 6.07) is 14.5. The second kappa shape index (κ2) is 8.52. The van der Waals surface area contributed by atoms with E-state index in [9.17, 15) is 9.59 Å². The Morgan fingerprint density at radius 1 is 1.07 bits per heavy atom. The fourth-order valence-electron chi connectivity index (χ4n) is 3.96. The summed E-state index contributed by atoms with van der Waals surface area (Å²) in [5, 5.41) is 0.577. The van der Waals surface area contributed by atoms with Crippen molar-refractivity contribution in [2.24, 2.45) is 5.92 Å². The largest absolute Gasteiger partial charge is 0.462 e. The topological polar surface area (TPSA) is 65.7 Å². The van der Waals surface area contributed by atoms with Gasteiger partial charge in [0, 0.05) is 17.4 Å². The normalized spacial score (nSPS) is 14.2. The van der Waals surface area contributed by atoms with Gasteiger partial charge in [0.15, 0.2) is 0 Å². The van der Waals surface area contributed by atoms with Crippen molar-refractivity contribution in [2.75, 3.05) is 6.61 Å². The SMILES string of the molecule is CCOC(=O)c1c(-c2ccccc2)oc2ccc(OC(=O)CC3CCCC3)cc12. The van der Waals surface area contributed by atoms with Gasteiger partial charge in [-0.3, -0.25) is 4.79 Å². The summed E-state index contributed by atoms with van der Waals surface area (Å²) in [5.74, 6) is 0.583. The van der Waals surface area contributed by atoms with Crippen LogP contribution < -0.4 is 4.74 Å². The van der Waals surface area contributed by atoms with Crippen LogP contribution in [0.3, 0.4) is 0 Å². The van der Waals surface area contributed by atoms with Crippen LogP contribution in [0.4, 0.5) is 0 Å². The van der Waals surface area contributed by atoms with Crippen LogP contribution in [-0.4, -0.2) is 18.5 Å². The predicted octanol–water partition coefficient (Wildman–Crippen LogP) is 5.76. The average molecular weight is 392 g/mol. The fourth-order valence-corrected chi connectivity index (χ4v) is 3.96. The maximum Gasteiger partial charge on any atom is 0.342 e. The number of hydrogen-bond donors (Lipinski definition) is 0. The summed E-state index contributed by atoms with van der Waals surface area (Å²) in [4.78, 5) is 25.0. The Kier molecular flexibility index (Phi) is 5.65. The molecule has 1 saturated carbocycles. The van der Waals surface area contributed by atoms with E-state index in [1.54, 1.807) is 25.1 Å². The third-order valence-electron chi connectivity index (χ3n) is 5.34. The zero-order valence-corrected chi connectivity index (χ0v) is 16.5. The summed E-state index contributed by atoms with van der Waals surface area (Å²) in [6.07, 6.45) is 4.98. The number of fused-ring (bicyclic) bond motifs is 1. The molecule has 1 heterocycles. The van der Waals surface area contributed by atoms with Gasteiger partial charge in [0.1, 0.15) is 22.7 Å². The van der Waals surface area contributed by atoms with Gasteiger partial charge in [-0.2, -0.15) is 0 Å². The minimum Gasteiger partial charge on any atom is -0.462 e. The first kappa shape index (κ1) is 19.2. The van der Waals surface area contributed by atoms with E-state index in [-0.39, 0.29) is 12.6 Å². The minimum atomic E-state index is -0.459. The second-order valence-corrected chi connectivity index (χ2v) is 7.38. The molecule has 4 rings (SSSR count). The quantitative estimate of drug-likeness (QED) is 0.394. The number of rotatable bonds is 6. The number of carbonyl (C=O) groups excluding carboxylic acids is 2. The highest BCUT2D eigenvalue weighted by Gasteiger charge is 2.24. The fraction of sp³-hybridized carbons (Fsp3) is 0.333. The molecule has 0 spiro atoms. The molecule has 0 amide bonds. The van der Waals surface area contributed by atoms with Crippen molar-refractivity contribution >= 4 is 22.9 Å². The molecule has 0 N–H and O–H groups in total. The van der Waals surface area contributed by atoms with Crippen LogP contribution in [0, 0.1) is 5.92 Å². The Hall–Kier alpha value is -3.08. The molecule has 29 heavy (non-hydrogen) atoms. The Morgan fingerprint density at radius 3 is 2.55 bits per heavy atom. The van der Waals surface area contributed by atoms with E-state index >= 15 is 0 Å². The lowest BCUT2D eigenvalue weighted by Crippen LogP contribution is -2.12. The molecule has 3 aromatic rings. The van der Waals surface area contributed by atoms with Crippen LogP contribution in [0.5, 0.6) is 5.75 Å². The van der Waals surface area contributed by atoms with Crippen molar-refractivity contribution in [3.8, 4) is 17.1 Å². The molecule has 0 atom stereocenters. The molecule has 1 aromatic heterocycles. The molecule has 0 saturated heterocycles. The Labute approximate surface area is 169 Å². The number of furan rings is 1. The zero-order chi connectivity index (χ0) is 20.2. The van der Waals surface area contributed by atoms with Crippen molar-refractivity contribution in [1.82, 2.24) is 0 Å². The summed E-state index contributed by atoms with van der Waals surface area (Å²) in [7, 11) is 0. The first-order chi connectivity index (χ1) is 14.2. The molecule has 0 bridgehead atoms. The van der Waals surface area contributed by atoms with Gasteiger partial charge in [-0.05, 0) is 43.9 Å². The van der Waals surface area contributed by atoms with E-state index in [0.29, 0.717) is 40.4 Å². The summed E-state index contributed by atoms with van der Waals surface area (Å²) < 4.78 is 16.8. The molecule has 150 valence electrons. The molecule has 1 aliphatic rings. The van der Waals surface area contributed by atoms with Crippen molar-refractivity contribution in [3.05, 3.63) is 54.1 Å². The van der Waals surface area contributed by atoms with Gasteiger partial charge in [0.05, 0.1) is 6.61 Å². The van der Waals surface area contributed by atoms with Crippen LogP contribution in [0.2, 0.25) is 0 Å². The summed E-state index contributed by atoms with van der Waals surface area (Å²) >= 11 is 0. The van der Waals surface area contributed by atoms with E-state index in [0.717, 1.165) is 18.4 Å². The smallest absolute Gasteiger partial charge is 0.342 e. The number of hydrogen-bond acceptors (Lipinski definition) is 5. The van der Waals surface area contributed by atoms with Gasteiger partial charge in [-0.15, -0.1) is 0 Å². The Morgan fingerprint density at radius 2 is 1.83 bits per heavy atom. The third-order valence-corrected chi connectivity index (χ3v) is 5.34. The van der Waals surface area contributed by atoms with Gasteiger partial charge in [-0.1, -0.05) is 43.2 Å². The highest BCUT2D eigenvalue weighted by Crippen LogP contribution is 2.36. The molecule has 0 unspecified atom stereocenters. The molecule has 1 aliphatic carbocycles. The Bertz CT molecular complexity index is 1010. The minimum absolute atomic E-state index is 0.235. The molecule has 5 heteroatoms. The number of esters is 2. The first-order valence-electron chi connectivity index (χ1n) is 10.2. The molecule has 0 radical (unpaired) electrons. The van der Waals surface area contributed by atoms with Crippen LogP contribution in [0.1, 0.15) is 49.4 Å². The second-order valence-electron chi connectivity index (χ2n) is 7.38. The van der Waals surface area contributed by atoms with E-state index in [2.05, 4.69) is 0 Å². The van der Waals surface area contributed by atoms with Crippen LogP contribution in [-0.2, 0) is 9.53 Å². The number of carbonyl (C=O) groups is 2. The average Bonchev–Trinajstić information content (AvgIpc) is 3.36. The van der Waals surface area contributed by atoms with Crippen LogP contribution >= 0.6 is 0 Å². The third kappa shape index (κ3) is 4.19. The summed E-state index contributed by atoms with van der Waals surface area (Å²) in [5.41, 5.74) is 1.68. The maximum atomic E-state index is 12.7. The zero-order valence-electron chi connectivity index (χ0n) is 16.5. The first-order valence-corrected chi connectivity index (χ1v) is 10.2. The molecular formula is C24H24O5. The molecule has 1 fully saturated rings. The molecular weight excluding hydrogens is 368 g/mol. The number of benzene rings is 2. The van der Waals surface area contributed by atoms with Gasteiger partial charge in [-0.25, -0.2) is 4.79 Å². The van der Waals surface area contributed by atoms with Crippen LogP contribution in [0.15, 0.2) is 52.9 Å². The van der Waals surface area contributed by atoms with Gasteiger partial charge >= 0.3 is 11.9 Å². The van der Waals surface area contributed by atoms with Crippen molar-refractivity contribution in [2.45, 2.75) is 39.0 Å². The van der Waals surface area contributed by atoms with E-state index in [4.69, 9.17) is 13.9 Å². The Balaban J connectivity index is 1.68. The van der Waals surface area contributed by atoms with Gasteiger partial charge in [0.25, 0.3) is 0 Å². The van der Waals surface area contributed by atoms with Crippen molar-refractivity contribution in [1.29, 1.82) is 0 Å². The lowest BCUT2D eigenvalue weighted by molar-refractivity contribution is -0.135. The number of ether oxygens (including phenoxy) is 2. The van der Waals surface area contributed by atoms with Gasteiger partial charge in [0.2, 0.25) is 0 Å². The summed E-state index contributed by atoms with van der Waals surface area (Å²) in [6.45, 7) is 2.02. The molecule has 0 aliphatic heterocycles. The van der Waals surface area contributed by atoms with E-state index < -0.39 is 5.97 Å². The van der Waals surface area contributed by atoms with Crippen LogP contribution in [0.25, 0.3) is 22.3 Å². The lowest BCUT2D eigenvalue weighted by atomic mass is 10.0. The van der Waals surface area contributed by atoms with E-state index in [1.807, 2.05) is 30.3 Å². The molecule has 2 aromatic carbocycles. The maximum absolute atomic E-state index is 12.7. The lowest BCUT2D eigenvalue weighted by Gasteiger charge is -2.09. The van der Waals surface area contributed by atoms with E-state index in [1.165, 1.54) is 12.8 Å². The highest BCUT2D eigenvalue weighted by molar-refractivity contribution is 6.09. The van der Waals surface area contributed by atoms with Crippen molar-refractivity contribution < 1.29 is 23.5 Å². The standard InChI is InChI=1S/C24H24O5/c1-2-27-24(26)22-19-15-18(28-21(25)14-16-8-6-7-9-16)12-13-20(19)29-23(22)17-10-4-3-5-11-17/h3-5,10-13,15-16H,2,6-9,14H2,1H3. The monoisotopic (exact) mass is 392 g/mol. The molecule has 5 nitrogen and oxygen atoms in total.